The smallest absolute Gasteiger partial charge is 0.195 e. The van der Waals surface area contributed by atoms with Crippen molar-refractivity contribution in [1.29, 1.82) is 0 Å². The van der Waals surface area contributed by atoms with Gasteiger partial charge in [0.25, 0.3) is 0 Å². The molecule has 1 N–H and O–H groups in total. The van der Waals surface area contributed by atoms with Gasteiger partial charge in [0.2, 0.25) is 0 Å². The SMILES string of the molecule is Fc1ccccc1N1CCNCC1.O=C1c2cc(Cl)ccc2-c2c(Cl)nc3ccccc3c21.O=C1c2cc(Cl)ccc2-c2c(N3CCN(c4ccccc4F)CC3)nc3ccccc3c21.[2H]CF. The van der Waals surface area contributed by atoms with E-state index in [1.165, 1.54) is 12.1 Å². The Morgan fingerprint density at radius 1 is 0.522 bits per heavy atom. The Morgan fingerprint density at radius 2 is 0.955 bits per heavy atom. The Bertz CT molecular complexity index is 3220. The maximum Gasteiger partial charge on any atom is 0.195 e. The van der Waals surface area contributed by atoms with E-state index >= 15 is 0 Å². The van der Waals surface area contributed by atoms with Crippen molar-refractivity contribution in [2.24, 2.45) is 0 Å². The van der Waals surface area contributed by atoms with Gasteiger partial charge in [0.15, 0.2) is 11.6 Å². The number of carbonyl (C=O) groups excluding carboxylic acids is 2. The maximum absolute atomic E-state index is 14.3. The number of halogens is 6. The Morgan fingerprint density at radius 3 is 1.49 bits per heavy atom. The van der Waals surface area contributed by atoms with Crippen molar-refractivity contribution in [3.05, 3.63) is 183 Å². The molecule has 8 aromatic rings. The number of alkyl halides is 1. The van der Waals surface area contributed by atoms with Crippen LogP contribution in [0.2, 0.25) is 15.2 Å². The Hall–Kier alpha value is -6.50. The second-order valence-corrected chi connectivity index (χ2v) is 17.3. The van der Waals surface area contributed by atoms with Crippen LogP contribution in [0.1, 0.15) is 33.2 Å². The number of benzene rings is 6. The average Bonchev–Trinajstić information content (AvgIpc) is 3.82. The third-order valence-corrected chi connectivity index (χ3v) is 13.0. The number of rotatable bonds is 3. The normalized spacial score (nSPS) is 14.7. The molecule has 6 aromatic carbocycles. The molecule has 0 amide bonds. The molecule has 0 spiro atoms. The number of fused-ring (bicyclic) bond motifs is 10. The Balaban J connectivity index is 0.000000136. The van der Waals surface area contributed by atoms with Gasteiger partial charge in [0, 0.05) is 107 Å². The van der Waals surface area contributed by atoms with Crippen LogP contribution in [-0.4, -0.2) is 81.0 Å². The highest BCUT2D eigenvalue weighted by molar-refractivity contribution is 6.39. The molecule has 14 heteroatoms. The molecule has 8 nitrogen and oxygen atoms in total. The fourth-order valence-corrected chi connectivity index (χ4v) is 9.81. The highest BCUT2D eigenvalue weighted by Gasteiger charge is 2.35. The monoisotopic (exact) mass is 957 g/mol. The number of nitrogens with one attached hydrogen (secondary N) is 1. The molecule has 0 unspecified atom stereocenters. The summed E-state index contributed by atoms with van der Waals surface area (Å²) in [6, 6.07) is 39.8. The van der Waals surface area contributed by atoms with E-state index in [2.05, 4.69) is 25.0 Å². The highest BCUT2D eigenvalue weighted by Crippen LogP contribution is 2.47. The summed E-state index contributed by atoms with van der Waals surface area (Å²) >= 11 is 18.5. The molecule has 2 aliphatic carbocycles. The van der Waals surface area contributed by atoms with E-state index in [1.807, 2.05) is 91.0 Å². The molecular weight excluding hydrogens is 916 g/mol. The summed E-state index contributed by atoms with van der Waals surface area (Å²) in [5.41, 5.74) is 8.66. The minimum absolute atomic E-state index is 0.0117. The number of aromatic nitrogens is 2. The van der Waals surface area contributed by atoms with E-state index in [0.717, 1.165) is 76.2 Å². The van der Waals surface area contributed by atoms with Gasteiger partial charge in [-0.2, -0.15) is 0 Å². The summed E-state index contributed by atoms with van der Waals surface area (Å²) in [4.78, 5) is 41.8. The maximum atomic E-state index is 14.3. The van der Waals surface area contributed by atoms with Gasteiger partial charge in [0.05, 0.1) is 30.9 Å². The van der Waals surface area contributed by atoms with Crippen LogP contribution in [0.4, 0.5) is 30.4 Å². The van der Waals surface area contributed by atoms with Crippen LogP contribution in [0.15, 0.2) is 133 Å². The fourth-order valence-electron chi connectivity index (χ4n) is 9.18. The zero-order chi connectivity index (χ0) is 47.5. The van der Waals surface area contributed by atoms with Crippen molar-refractivity contribution in [2.45, 2.75) is 0 Å². The molecular formula is C53H42Cl3F3N6O2. The van der Waals surface area contributed by atoms with Crippen LogP contribution in [-0.2, 0) is 0 Å². The van der Waals surface area contributed by atoms with Crippen LogP contribution in [0.25, 0.3) is 44.1 Å². The highest BCUT2D eigenvalue weighted by atomic mass is 35.5. The number of hydrogen-bond acceptors (Lipinski definition) is 8. The number of piperazine rings is 2. The van der Waals surface area contributed by atoms with Crippen molar-refractivity contribution >= 4 is 85.4 Å². The Kier molecular flexibility index (Phi) is 13.1. The van der Waals surface area contributed by atoms with Gasteiger partial charge < -0.3 is 20.0 Å². The predicted octanol–water partition coefficient (Wildman–Crippen LogP) is 12.1. The number of anilines is 3. The Labute approximate surface area is 401 Å². The van der Waals surface area contributed by atoms with Crippen LogP contribution < -0.4 is 20.0 Å². The molecule has 0 saturated carbocycles. The first-order valence-corrected chi connectivity index (χ1v) is 22.7. The first-order chi connectivity index (χ1) is 33.1. The first-order valence-electron chi connectivity index (χ1n) is 22.3. The van der Waals surface area contributed by atoms with E-state index in [0.29, 0.717) is 74.9 Å². The molecule has 12 rings (SSSR count). The number of carbonyl (C=O) groups is 2. The lowest BCUT2D eigenvalue weighted by Gasteiger charge is -2.37. The van der Waals surface area contributed by atoms with Gasteiger partial charge in [-0.3, -0.25) is 14.0 Å². The molecule has 2 aromatic heterocycles. The number of para-hydroxylation sites is 4. The third-order valence-electron chi connectivity index (χ3n) is 12.2. The van der Waals surface area contributed by atoms with Crippen LogP contribution in [0, 0.1) is 11.6 Å². The zero-order valence-corrected chi connectivity index (χ0v) is 38.2. The lowest BCUT2D eigenvalue weighted by atomic mass is 10.0. The lowest BCUT2D eigenvalue weighted by Crippen LogP contribution is -2.47. The minimum atomic E-state index is -1.00. The van der Waals surface area contributed by atoms with Crippen LogP contribution in [0.5, 0.6) is 0 Å². The van der Waals surface area contributed by atoms with Crippen LogP contribution >= 0.6 is 34.8 Å². The first kappa shape index (κ1) is 44.3. The summed E-state index contributed by atoms with van der Waals surface area (Å²) in [5, 5.41) is 6.36. The predicted molar refractivity (Wildman–Crippen MR) is 266 cm³/mol. The zero-order valence-electron chi connectivity index (χ0n) is 36.9. The van der Waals surface area contributed by atoms with Gasteiger partial charge in [-0.25, -0.2) is 18.7 Å². The molecule has 4 aliphatic rings. The number of ketones is 2. The van der Waals surface area contributed by atoms with Crippen molar-refractivity contribution < 1.29 is 24.1 Å². The molecule has 2 aliphatic heterocycles. The summed E-state index contributed by atoms with van der Waals surface area (Å²) < 4.78 is 43.1. The second-order valence-electron chi connectivity index (χ2n) is 16.0. The quantitative estimate of drug-likeness (QED) is 0.175. The van der Waals surface area contributed by atoms with Gasteiger partial charge >= 0.3 is 0 Å². The van der Waals surface area contributed by atoms with Crippen molar-refractivity contribution in [1.82, 2.24) is 15.3 Å². The molecule has 2 saturated heterocycles. The summed E-state index contributed by atoms with van der Waals surface area (Å²) in [5.74, 6) is 0.424. The summed E-state index contributed by atoms with van der Waals surface area (Å²) in [6.45, 7) is 6.37. The van der Waals surface area contributed by atoms with Gasteiger partial charge in [-0.05, 0) is 71.8 Å². The van der Waals surface area contributed by atoms with Gasteiger partial charge in [-0.15, -0.1) is 0 Å². The number of pyridine rings is 2. The largest absolute Gasteiger partial charge is 0.367 e. The molecule has 2 fully saturated rings. The van der Waals surface area contributed by atoms with E-state index in [9.17, 15) is 22.8 Å². The van der Waals surface area contributed by atoms with Gasteiger partial charge in [0.1, 0.15) is 22.6 Å². The molecule has 338 valence electrons. The molecule has 0 bridgehead atoms. The topological polar surface area (TPSA) is 81.7 Å². The summed E-state index contributed by atoms with van der Waals surface area (Å²) in [6.07, 6.45) is 0. The van der Waals surface area contributed by atoms with Crippen molar-refractivity contribution in [3.8, 4) is 22.3 Å². The number of hydrogen-bond donors (Lipinski definition) is 1. The third kappa shape index (κ3) is 8.80. The molecule has 0 radical (unpaired) electrons. The lowest BCUT2D eigenvalue weighted by molar-refractivity contribution is 0.103. The average molecular weight is 959 g/mol. The second kappa shape index (κ2) is 19.8. The summed E-state index contributed by atoms with van der Waals surface area (Å²) in [7, 11) is -1.00. The van der Waals surface area contributed by atoms with Crippen LogP contribution in [0.3, 0.4) is 0 Å². The van der Waals surface area contributed by atoms with Gasteiger partial charge in [-0.1, -0.05) is 108 Å². The molecule has 67 heavy (non-hydrogen) atoms. The number of nitrogens with zero attached hydrogens (tertiary/aromatic N) is 5. The fraction of sp³-hybridized carbons (Fsp3) is 0.170. The minimum Gasteiger partial charge on any atom is -0.367 e. The molecule has 0 atom stereocenters. The van der Waals surface area contributed by atoms with E-state index in [4.69, 9.17) is 41.2 Å². The van der Waals surface area contributed by atoms with E-state index in [-0.39, 0.29) is 23.2 Å². The van der Waals surface area contributed by atoms with Crippen molar-refractivity contribution in [3.63, 3.8) is 0 Å². The standard InChI is InChI=1S/C26H19ClFN3O.C16H7Cl2NO.C10H13FN2.CH3F/c27-16-9-10-17-19(15-16)25(32)23-18-5-1-3-7-21(18)29-26(24(17)23)31-13-11-30(12-14-31)22-8-4-2-6-20(22)28;17-8-5-6-9-11(7-8)15(20)13-10-3-1-2-4-12(10)19-16(18)14(9)13;11-9-3-1-2-4-10(9)13-7-5-12-6-8-13;1-2/h1-10,15H,11-14H2;1-7H;1-4,12H,5-8H2;1H3/i;;;1D. The van der Waals surface area contributed by atoms with E-state index in [1.54, 1.807) is 30.3 Å². The van der Waals surface area contributed by atoms with E-state index < -0.39 is 7.15 Å². The molecule has 4 heterocycles. The van der Waals surface area contributed by atoms with Crippen molar-refractivity contribution in [2.75, 3.05) is 74.2 Å².